The molecular formula is C16H24FNOS. The molecule has 5 atom stereocenters. The minimum atomic E-state index is -1.30. The standard InChI is InChI=1S/C16H24FNOS/c1-4-18-14-10-11(2)9-12(3)16(14)20(19)15-8-6-5-7-13(15)17/h5-8,11-12,14,16,18H,4,9-10H2,1-3H3. The van der Waals surface area contributed by atoms with Gasteiger partial charge < -0.3 is 5.32 Å². The quantitative estimate of drug-likeness (QED) is 0.923. The monoisotopic (exact) mass is 297 g/mol. The summed E-state index contributed by atoms with van der Waals surface area (Å²) in [5.74, 6) is 0.609. The first kappa shape index (κ1) is 15.6. The van der Waals surface area contributed by atoms with Gasteiger partial charge in [0.1, 0.15) is 5.82 Å². The molecule has 0 saturated heterocycles. The van der Waals surface area contributed by atoms with Crippen molar-refractivity contribution >= 4 is 10.8 Å². The topological polar surface area (TPSA) is 29.1 Å². The summed E-state index contributed by atoms with van der Waals surface area (Å²) < 4.78 is 26.8. The van der Waals surface area contributed by atoms with Crippen LogP contribution in [0, 0.1) is 17.7 Å². The molecule has 1 fully saturated rings. The van der Waals surface area contributed by atoms with Crippen LogP contribution in [0.2, 0.25) is 0 Å². The van der Waals surface area contributed by atoms with E-state index in [9.17, 15) is 8.60 Å². The molecule has 2 nitrogen and oxygen atoms in total. The van der Waals surface area contributed by atoms with Crippen LogP contribution in [-0.4, -0.2) is 22.0 Å². The Hall–Kier alpha value is -0.740. The van der Waals surface area contributed by atoms with Gasteiger partial charge in [-0.25, -0.2) is 4.39 Å². The molecule has 0 amide bonds. The van der Waals surface area contributed by atoms with Gasteiger partial charge in [-0.3, -0.25) is 4.21 Å². The molecule has 4 heteroatoms. The van der Waals surface area contributed by atoms with E-state index < -0.39 is 10.8 Å². The van der Waals surface area contributed by atoms with Crippen LogP contribution in [0.1, 0.15) is 33.6 Å². The third-order valence-corrected chi connectivity index (χ3v) is 6.21. The molecular weight excluding hydrogens is 273 g/mol. The molecule has 1 saturated carbocycles. The fourth-order valence-electron chi connectivity index (χ4n) is 3.41. The van der Waals surface area contributed by atoms with Crippen LogP contribution >= 0.6 is 0 Å². The lowest BCUT2D eigenvalue weighted by Gasteiger charge is -2.39. The van der Waals surface area contributed by atoms with Gasteiger partial charge in [-0.05, 0) is 43.4 Å². The van der Waals surface area contributed by atoms with Crippen LogP contribution in [0.4, 0.5) is 4.39 Å². The highest BCUT2D eigenvalue weighted by Gasteiger charge is 2.38. The van der Waals surface area contributed by atoms with Crippen LogP contribution in [0.25, 0.3) is 0 Å². The van der Waals surface area contributed by atoms with Crippen molar-refractivity contribution in [3.05, 3.63) is 30.1 Å². The van der Waals surface area contributed by atoms with Crippen molar-refractivity contribution in [3.8, 4) is 0 Å². The first-order valence-corrected chi connectivity index (χ1v) is 8.64. The van der Waals surface area contributed by atoms with Gasteiger partial charge in [-0.15, -0.1) is 0 Å². The molecule has 1 aromatic carbocycles. The van der Waals surface area contributed by atoms with E-state index in [-0.39, 0.29) is 17.1 Å². The summed E-state index contributed by atoms with van der Waals surface area (Å²) in [4.78, 5) is 0.349. The molecule has 0 spiro atoms. The van der Waals surface area contributed by atoms with Crippen LogP contribution < -0.4 is 5.32 Å². The van der Waals surface area contributed by atoms with Gasteiger partial charge in [-0.2, -0.15) is 0 Å². The Morgan fingerprint density at radius 1 is 1.30 bits per heavy atom. The molecule has 2 rings (SSSR count). The highest BCUT2D eigenvalue weighted by Crippen LogP contribution is 2.34. The molecule has 0 radical (unpaired) electrons. The Balaban J connectivity index is 2.27. The molecule has 0 aliphatic heterocycles. The summed E-state index contributed by atoms with van der Waals surface area (Å²) in [6, 6.07) is 6.66. The van der Waals surface area contributed by atoms with Crippen LogP contribution in [-0.2, 0) is 10.8 Å². The second-order valence-corrected chi connectivity index (χ2v) is 7.49. The molecule has 112 valence electrons. The van der Waals surface area contributed by atoms with Gasteiger partial charge in [0.15, 0.2) is 0 Å². The highest BCUT2D eigenvalue weighted by molar-refractivity contribution is 7.85. The van der Waals surface area contributed by atoms with E-state index >= 15 is 0 Å². The van der Waals surface area contributed by atoms with E-state index in [0.717, 1.165) is 19.4 Å². The maximum Gasteiger partial charge on any atom is 0.139 e. The first-order valence-electron chi connectivity index (χ1n) is 7.43. The second kappa shape index (κ2) is 6.81. The van der Waals surface area contributed by atoms with E-state index in [1.54, 1.807) is 18.2 Å². The molecule has 5 unspecified atom stereocenters. The highest BCUT2D eigenvalue weighted by atomic mass is 32.2. The lowest BCUT2D eigenvalue weighted by atomic mass is 9.80. The molecule has 0 aromatic heterocycles. The van der Waals surface area contributed by atoms with Crippen molar-refractivity contribution in [2.75, 3.05) is 6.54 Å². The van der Waals surface area contributed by atoms with Crippen molar-refractivity contribution in [1.82, 2.24) is 5.32 Å². The summed E-state index contributed by atoms with van der Waals surface area (Å²) >= 11 is 0. The molecule has 1 N–H and O–H groups in total. The van der Waals surface area contributed by atoms with Gasteiger partial charge in [0.25, 0.3) is 0 Å². The Morgan fingerprint density at radius 2 is 2.00 bits per heavy atom. The zero-order valence-corrected chi connectivity index (χ0v) is 13.3. The summed E-state index contributed by atoms with van der Waals surface area (Å²) in [5.41, 5.74) is 0. The Labute approximate surface area is 123 Å². The maximum absolute atomic E-state index is 13.9. The van der Waals surface area contributed by atoms with Crippen LogP contribution in [0.3, 0.4) is 0 Å². The Morgan fingerprint density at radius 3 is 2.65 bits per heavy atom. The zero-order chi connectivity index (χ0) is 14.7. The van der Waals surface area contributed by atoms with E-state index in [1.807, 2.05) is 0 Å². The molecule has 20 heavy (non-hydrogen) atoms. The maximum atomic E-state index is 13.9. The average molecular weight is 297 g/mol. The van der Waals surface area contributed by atoms with Crippen molar-refractivity contribution in [3.63, 3.8) is 0 Å². The fourth-order valence-corrected chi connectivity index (χ4v) is 5.21. The van der Waals surface area contributed by atoms with Crippen molar-refractivity contribution in [2.24, 2.45) is 11.8 Å². The average Bonchev–Trinajstić information content (AvgIpc) is 2.38. The number of nitrogens with one attached hydrogen (secondary N) is 1. The first-order chi connectivity index (χ1) is 9.54. The fraction of sp³-hybridized carbons (Fsp3) is 0.625. The van der Waals surface area contributed by atoms with Crippen LogP contribution in [0.5, 0.6) is 0 Å². The number of halogens is 1. The van der Waals surface area contributed by atoms with Gasteiger partial charge in [0, 0.05) is 6.04 Å². The third-order valence-electron chi connectivity index (χ3n) is 4.15. The Kier molecular flexibility index (Phi) is 5.33. The van der Waals surface area contributed by atoms with Crippen molar-refractivity contribution in [2.45, 2.75) is 49.8 Å². The lowest BCUT2D eigenvalue weighted by Crippen LogP contribution is -2.50. The molecule has 0 bridgehead atoms. The number of hydrogen-bond acceptors (Lipinski definition) is 2. The third kappa shape index (κ3) is 3.29. The van der Waals surface area contributed by atoms with Crippen LogP contribution in [0.15, 0.2) is 29.2 Å². The van der Waals surface area contributed by atoms with Crippen molar-refractivity contribution < 1.29 is 8.60 Å². The van der Waals surface area contributed by atoms with Gasteiger partial charge >= 0.3 is 0 Å². The predicted molar refractivity (Wildman–Crippen MR) is 81.6 cm³/mol. The predicted octanol–water partition coefficient (Wildman–Crippen LogP) is 3.35. The molecule has 0 heterocycles. The normalized spacial score (nSPS) is 32.0. The molecule has 1 aliphatic rings. The van der Waals surface area contributed by atoms with Gasteiger partial charge in [0.2, 0.25) is 0 Å². The van der Waals surface area contributed by atoms with E-state index in [2.05, 4.69) is 26.1 Å². The number of hydrogen-bond donors (Lipinski definition) is 1. The summed E-state index contributed by atoms with van der Waals surface area (Å²) in [5, 5.41) is 3.44. The van der Waals surface area contributed by atoms with Crippen molar-refractivity contribution in [1.29, 1.82) is 0 Å². The number of rotatable bonds is 4. The van der Waals surface area contributed by atoms with Gasteiger partial charge in [0.05, 0.1) is 20.9 Å². The zero-order valence-electron chi connectivity index (χ0n) is 12.4. The Bertz CT molecular complexity index is 479. The van der Waals surface area contributed by atoms with E-state index in [4.69, 9.17) is 0 Å². The largest absolute Gasteiger partial charge is 0.313 e. The SMILES string of the molecule is CCNC1CC(C)CC(C)C1S(=O)c1ccccc1F. The lowest BCUT2D eigenvalue weighted by molar-refractivity contribution is 0.247. The molecule has 1 aliphatic carbocycles. The summed E-state index contributed by atoms with van der Waals surface area (Å²) in [6.45, 7) is 7.30. The van der Waals surface area contributed by atoms with Gasteiger partial charge in [-0.1, -0.05) is 32.9 Å². The minimum absolute atomic E-state index is 0.0111. The van der Waals surface area contributed by atoms with E-state index in [1.165, 1.54) is 6.07 Å². The minimum Gasteiger partial charge on any atom is -0.313 e. The number of benzene rings is 1. The summed E-state index contributed by atoms with van der Waals surface area (Å²) in [6.07, 6.45) is 2.08. The second-order valence-electron chi connectivity index (χ2n) is 5.91. The summed E-state index contributed by atoms with van der Waals surface area (Å²) in [7, 11) is -1.30. The molecule has 1 aromatic rings. The smallest absolute Gasteiger partial charge is 0.139 e. The van der Waals surface area contributed by atoms with E-state index in [0.29, 0.717) is 16.7 Å².